The van der Waals surface area contributed by atoms with Crippen LogP contribution in [0.3, 0.4) is 0 Å². The molecule has 4 rings (SSSR count). The van der Waals surface area contributed by atoms with Crippen molar-refractivity contribution in [2.24, 2.45) is 0 Å². The molecular formula is C24H18N2O10. The van der Waals surface area contributed by atoms with Crippen LogP contribution in [0, 0.1) is 0 Å². The fourth-order valence-electron chi connectivity index (χ4n) is 3.73. The van der Waals surface area contributed by atoms with Crippen molar-refractivity contribution in [3.8, 4) is 0 Å². The monoisotopic (exact) mass is 494 g/mol. The van der Waals surface area contributed by atoms with Gasteiger partial charge in [-0.15, -0.1) is 0 Å². The van der Waals surface area contributed by atoms with E-state index in [0.717, 1.165) is 0 Å². The van der Waals surface area contributed by atoms with E-state index in [-0.39, 0.29) is 46.3 Å². The van der Waals surface area contributed by atoms with Gasteiger partial charge in [-0.25, -0.2) is 24.0 Å². The number of hydrogen-bond donors (Lipinski definition) is 3. The molecular weight excluding hydrogens is 476 g/mol. The maximum absolute atomic E-state index is 12.5. The van der Waals surface area contributed by atoms with Crippen molar-refractivity contribution in [2.75, 3.05) is 6.54 Å². The molecule has 0 aliphatic carbocycles. The summed E-state index contributed by atoms with van der Waals surface area (Å²) in [6.07, 6.45) is 0.798. The van der Waals surface area contributed by atoms with E-state index in [1.807, 2.05) is 0 Å². The van der Waals surface area contributed by atoms with Crippen molar-refractivity contribution in [1.29, 1.82) is 0 Å². The first-order valence-electron chi connectivity index (χ1n) is 10.8. The van der Waals surface area contributed by atoms with E-state index in [0.29, 0.717) is 12.8 Å². The number of nitrogens with one attached hydrogen (secondary N) is 2. The lowest BCUT2D eigenvalue weighted by Gasteiger charge is -2.15. The van der Waals surface area contributed by atoms with Gasteiger partial charge >= 0.3 is 29.8 Å². The minimum Gasteiger partial charge on any atom is -0.480 e. The van der Waals surface area contributed by atoms with Crippen molar-refractivity contribution in [3.05, 3.63) is 69.8 Å². The Kier molecular flexibility index (Phi) is 6.59. The topological polar surface area (TPSA) is 182 Å². The molecule has 0 spiro atoms. The Hall–Kier alpha value is -4.87. The van der Waals surface area contributed by atoms with Crippen molar-refractivity contribution < 1.29 is 48.1 Å². The van der Waals surface area contributed by atoms with Gasteiger partial charge in [0.05, 0.1) is 22.3 Å². The van der Waals surface area contributed by atoms with Gasteiger partial charge in [0.2, 0.25) is 0 Å². The van der Waals surface area contributed by atoms with Gasteiger partial charge in [-0.2, -0.15) is 0 Å². The van der Waals surface area contributed by atoms with Gasteiger partial charge in [0.1, 0.15) is 6.04 Å². The van der Waals surface area contributed by atoms with Gasteiger partial charge in [0.15, 0.2) is 0 Å². The third kappa shape index (κ3) is 4.82. The number of unbranched alkanes of at least 4 members (excludes halogenated alkanes) is 1. The van der Waals surface area contributed by atoms with Crippen LogP contribution in [0.15, 0.2) is 36.4 Å². The highest BCUT2D eigenvalue weighted by Crippen LogP contribution is 2.22. The predicted octanol–water partition coefficient (Wildman–Crippen LogP) is 1.09. The number of benzene rings is 2. The van der Waals surface area contributed by atoms with Crippen LogP contribution in [0.25, 0.3) is 0 Å². The number of rotatable bonds is 9. The highest BCUT2D eigenvalue weighted by atomic mass is 16.6. The fraction of sp³-hybridized carbons (Fsp3) is 0.208. The zero-order valence-electron chi connectivity index (χ0n) is 18.5. The highest BCUT2D eigenvalue weighted by molar-refractivity contribution is 6.16. The number of hydrogen-bond acceptors (Lipinski definition) is 9. The zero-order valence-corrected chi connectivity index (χ0v) is 18.5. The molecule has 2 aromatic rings. The molecule has 0 saturated heterocycles. The molecule has 12 nitrogen and oxygen atoms in total. The summed E-state index contributed by atoms with van der Waals surface area (Å²) in [6, 6.07) is 6.48. The third-order valence-corrected chi connectivity index (χ3v) is 5.62. The van der Waals surface area contributed by atoms with Gasteiger partial charge in [-0.05, 0) is 55.7 Å². The van der Waals surface area contributed by atoms with Gasteiger partial charge in [0, 0.05) is 17.7 Å². The van der Waals surface area contributed by atoms with Gasteiger partial charge < -0.3 is 25.2 Å². The van der Waals surface area contributed by atoms with E-state index in [1.165, 1.54) is 36.4 Å². The molecule has 2 aromatic carbocycles. The summed E-state index contributed by atoms with van der Waals surface area (Å²) < 4.78 is 8.95. The largest absolute Gasteiger partial charge is 0.480 e. The summed E-state index contributed by atoms with van der Waals surface area (Å²) in [5, 5.41) is 14.5. The number of carbonyl (C=O) groups is 7. The maximum Gasteiger partial charge on any atom is 0.346 e. The van der Waals surface area contributed by atoms with E-state index in [9.17, 15) is 38.7 Å². The standard InChI is InChI=1S/C24H18N2O10/c27-18(11-4-6-13-15(9-11)23(33)35-21(13)31)25-8-2-1-3-17(20(29)30)26-19(28)12-5-7-14-16(10-12)24(34)36-22(14)32/h4-7,9-10,17H,1-3,8H2,(H,25,27)(H,26,28)(H,29,30). The number of aliphatic carboxylic acids is 1. The SMILES string of the molecule is O=C(NCCCCC(NC(=O)c1ccc2c(c1)C(=O)OC2=O)C(=O)O)c1ccc2c(c1)C(=O)OC2=O. The summed E-state index contributed by atoms with van der Waals surface area (Å²) in [5.41, 5.74) is 0.227. The zero-order chi connectivity index (χ0) is 26.0. The molecule has 0 saturated carbocycles. The second kappa shape index (κ2) is 9.78. The molecule has 0 bridgehead atoms. The molecule has 0 radical (unpaired) electrons. The van der Waals surface area contributed by atoms with Crippen LogP contribution in [-0.2, 0) is 14.3 Å². The smallest absolute Gasteiger partial charge is 0.346 e. The second-order valence-corrected chi connectivity index (χ2v) is 7.99. The number of carboxylic acid groups (broad SMARTS) is 1. The Morgan fingerprint density at radius 2 is 1.22 bits per heavy atom. The summed E-state index contributed by atoms with van der Waals surface area (Å²) in [4.78, 5) is 82.7. The number of esters is 4. The molecule has 2 heterocycles. The number of amides is 2. The number of carbonyl (C=O) groups excluding carboxylic acids is 6. The van der Waals surface area contributed by atoms with E-state index in [1.54, 1.807) is 0 Å². The van der Waals surface area contributed by atoms with Crippen LogP contribution in [0.4, 0.5) is 0 Å². The summed E-state index contributed by atoms with van der Waals surface area (Å²) in [7, 11) is 0. The number of fused-ring (bicyclic) bond motifs is 2. The van der Waals surface area contributed by atoms with E-state index in [4.69, 9.17) is 0 Å². The Labute approximate surface area is 202 Å². The van der Waals surface area contributed by atoms with Crippen molar-refractivity contribution in [1.82, 2.24) is 10.6 Å². The molecule has 0 aromatic heterocycles. The molecule has 2 amide bonds. The first kappa shape index (κ1) is 24.3. The van der Waals surface area contributed by atoms with Gasteiger partial charge in [0.25, 0.3) is 11.8 Å². The molecule has 184 valence electrons. The van der Waals surface area contributed by atoms with Crippen molar-refractivity contribution in [3.63, 3.8) is 0 Å². The van der Waals surface area contributed by atoms with Crippen LogP contribution >= 0.6 is 0 Å². The number of cyclic esters (lactones) is 4. The molecule has 2 aliphatic heterocycles. The van der Waals surface area contributed by atoms with E-state index < -0.39 is 47.7 Å². The third-order valence-electron chi connectivity index (χ3n) is 5.62. The summed E-state index contributed by atoms with van der Waals surface area (Å²) in [6.45, 7) is 0.195. The minimum atomic E-state index is -1.26. The lowest BCUT2D eigenvalue weighted by Crippen LogP contribution is -2.40. The highest BCUT2D eigenvalue weighted by Gasteiger charge is 2.31. The molecule has 0 fully saturated rings. The molecule has 3 N–H and O–H groups in total. The molecule has 1 atom stereocenters. The Morgan fingerprint density at radius 1 is 0.722 bits per heavy atom. The average molecular weight is 494 g/mol. The lowest BCUT2D eigenvalue weighted by molar-refractivity contribution is -0.139. The fourth-order valence-corrected chi connectivity index (χ4v) is 3.73. The van der Waals surface area contributed by atoms with Gasteiger partial charge in [-0.3, -0.25) is 9.59 Å². The number of ether oxygens (including phenoxy) is 2. The number of carboxylic acids is 1. The van der Waals surface area contributed by atoms with E-state index >= 15 is 0 Å². The molecule has 1 unspecified atom stereocenters. The van der Waals surface area contributed by atoms with Crippen LogP contribution in [0.5, 0.6) is 0 Å². The Morgan fingerprint density at radius 3 is 1.75 bits per heavy atom. The molecule has 12 heteroatoms. The van der Waals surface area contributed by atoms with Gasteiger partial charge in [-0.1, -0.05) is 0 Å². The van der Waals surface area contributed by atoms with Crippen LogP contribution in [0.1, 0.15) is 81.4 Å². The first-order chi connectivity index (χ1) is 17.2. The Bertz CT molecular complexity index is 1350. The van der Waals surface area contributed by atoms with Crippen molar-refractivity contribution >= 4 is 41.7 Å². The second-order valence-electron chi connectivity index (χ2n) is 7.99. The molecule has 36 heavy (non-hydrogen) atoms. The average Bonchev–Trinajstić information content (AvgIpc) is 3.30. The molecule has 2 aliphatic rings. The quantitative estimate of drug-likeness (QED) is 0.259. The minimum absolute atomic E-state index is 0.00107. The Balaban J connectivity index is 1.26. The predicted molar refractivity (Wildman–Crippen MR) is 117 cm³/mol. The van der Waals surface area contributed by atoms with Crippen LogP contribution < -0.4 is 10.6 Å². The first-order valence-corrected chi connectivity index (χ1v) is 10.8. The normalized spacial score (nSPS) is 14.4. The van der Waals surface area contributed by atoms with E-state index in [2.05, 4.69) is 20.1 Å². The van der Waals surface area contributed by atoms with Crippen LogP contribution in [-0.4, -0.2) is 59.4 Å². The summed E-state index contributed by atoms with van der Waals surface area (Å²) >= 11 is 0. The lowest BCUT2D eigenvalue weighted by atomic mass is 10.0. The van der Waals surface area contributed by atoms with Crippen LogP contribution in [0.2, 0.25) is 0 Å². The van der Waals surface area contributed by atoms with Crippen molar-refractivity contribution in [2.45, 2.75) is 25.3 Å². The summed E-state index contributed by atoms with van der Waals surface area (Å²) in [5.74, 6) is -5.76. The maximum atomic E-state index is 12.5.